The molecule has 4 nitrogen and oxygen atoms in total. The van der Waals surface area contributed by atoms with Crippen LogP contribution in [-0.2, 0) is 0 Å². The number of benzene rings is 2. The Labute approximate surface area is 161 Å². The molecule has 0 radical (unpaired) electrons. The Hall–Kier alpha value is -2.50. The summed E-state index contributed by atoms with van der Waals surface area (Å²) in [4.78, 5) is 19.6. The number of likely N-dealkylation sites (tertiary alicyclic amines) is 1. The molecule has 1 amide bonds. The summed E-state index contributed by atoms with van der Waals surface area (Å²) < 4.78 is 13.5. The molecule has 0 saturated carbocycles. The van der Waals surface area contributed by atoms with E-state index in [9.17, 15) is 14.3 Å². The van der Waals surface area contributed by atoms with Gasteiger partial charge in [-0.3, -0.25) is 4.79 Å². The predicted molar refractivity (Wildman–Crippen MR) is 103 cm³/mol. The van der Waals surface area contributed by atoms with Gasteiger partial charge in [-0.05, 0) is 43.2 Å². The van der Waals surface area contributed by atoms with E-state index in [1.54, 1.807) is 17.0 Å². The van der Waals surface area contributed by atoms with Crippen LogP contribution in [-0.4, -0.2) is 40.1 Å². The average molecular weight is 385 g/mol. The van der Waals surface area contributed by atoms with E-state index >= 15 is 0 Å². The van der Waals surface area contributed by atoms with Crippen molar-refractivity contribution in [2.75, 3.05) is 13.2 Å². The SMILES string of the molecule is O=C(c1cc(-c2ccc(F)c(Cl)c2)nc2ccccc12)N1CCC[C@@H]1CO. The predicted octanol–water partition coefficient (Wildman–Crippen LogP) is 4.29. The minimum absolute atomic E-state index is 0.00947. The Morgan fingerprint density at radius 3 is 2.85 bits per heavy atom. The summed E-state index contributed by atoms with van der Waals surface area (Å²) in [5.41, 5.74) is 2.40. The van der Waals surface area contributed by atoms with Crippen molar-refractivity contribution in [3.8, 4) is 11.3 Å². The number of amides is 1. The Morgan fingerprint density at radius 2 is 2.07 bits per heavy atom. The van der Waals surface area contributed by atoms with Crippen LogP contribution in [0.3, 0.4) is 0 Å². The van der Waals surface area contributed by atoms with E-state index in [4.69, 9.17) is 11.6 Å². The second-order valence-corrected chi connectivity index (χ2v) is 7.09. The zero-order valence-electron chi connectivity index (χ0n) is 14.5. The molecule has 1 aliphatic rings. The van der Waals surface area contributed by atoms with Gasteiger partial charge < -0.3 is 10.0 Å². The fourth-order valence-corrected chi connectivity index (χ4v) is 3.78. The van der Waals surface area contributed by atoms with E-state index in [0.29, 0.717) is 28.9 Å². The summed E-state index contributed by atoms with van der Waals surface area (Å²) in [6.45, 7) is 0.577. The van der Waals surface area contributed by atoms with Gasteiger partial charge in [0.05, 0.1) is 34.4 Å². The lowest BCUT2D eigenvalue weighted by atomic mass is 10.0. The first-order chi connectivity index (χ1) is 13.1. The number of carbonyl (C=O) groups excluding carboxylic acids is 1. The standard InChI is InChI=1S/C21H18ClFN2O2/c22-17-10-13(7-8-18(17)23)20-11-16(15-5-1-2-6-19(15)24-20)21(27)25-9-3-4-14(25)12-26/h1-2,5-8,10-11,14,26H,3-4,9,12H2/t14-/m1/s1. The van der Waals surface area contributed by atoms with Crippen molar-refractivity contribution in [1.29, 1.82) is 0 Å². The third-order valence-electron chi connectivity index (χ3n) is 5.01. The molecule has 138 valence electrons. The quantitative estimate of drug-likeness (QED) is 0.732. The number of para-hydroxylation sites is 1. The van der Waals surface area contributed by atoms with E-state index in [1.807, 2.05) is 24.3 Å². The van der Waals surface area contributed by atoms with Crippen molar-refractivity contribution in [3.63, 3.8) is 0 Å². The molecule has 2 heterocycles. The van der Waals surface area contributed by atoms with Crippen LogP contribution >= 0.6 is 11.6 Å². The smallest absolute Gasteiger partial charge is 0.254 e. The maximum atomic E-state index is 13.5. The van der Waals surface area contributed by atoms with Crippen LogP contribution in [0.15, 0.2) is 48.5 Å². The second-order valence-electron chi connectivity index (χ2n) is 6.68. The molecule has 0 bridgehead atoms. The Balaban J connectivity index is 1.86. The third-order valence-corrected chi connectivity index (χ3v) is 5.30. The minimum Gasteiger partial charge on any atom is -0.394 e. The van der Waals surface area contributed by atoms with Gasteiger partial charge in [0.15, 0.2) is 0 Å². The second kappa shape index (κ2) is 7.25. The molecule has 1 N–H and O–H groups in total. The van der Waals surface area contributed by atoms with Crippen molar-refractivity contribution in [1.82, 2.24) is 9.88 Å². The largest absolute Gasteiger partial charge is 0.394 e. The molecule has 3 aromatic rings. The lowest BCUT2D eigenvalue weighted by Gasteiger charge is -2.24. The van der Waals surface area contributed by atoms with Crippen LogP contribution in [0.25, 0.3) is 22.2 Å². The van der Waals surface area contributed by atoms with Crippen molar-refractivity contribution < 1.29 is 14.3 Å². The molecule has 0 aliphatic carbocycles. The number of carbonyl (C=O) groups is 1. The molecule has 1 aliphatic heterocycles. The van der Waals surface area contributed by atoms with Crippen LogP contribution in [0.4, 0.5) is 4.39 Å². The third kappa shape index (κ3) is 3.29. The van der Waals surface area contributed by atoms with E-state index < -0.39 is 5.82 Å². The van der Waals surface area contributed by atoms with E-state index in [0.717, 1.165) is 18.2 Å². The molecule has 1 atom stereocenters. The maximum Gasteiger partial charge on any atom is 0.254 e. The van der Waals surface area contributed by atoms with Crippen LogP contribution < -0.4 is 0 Å². The van der Waals surface area contributed by atoms with E-state index in [2.05, 4.69) is 4.98 Å². The normalized spacial score (nSPS) is 16.9. The summed E-state index contributed by atoms with van der Waals surface area (Å²) in [7, 11) is 0. The van der Waals surface area contributed by atoms with E-state index in [1.165, 1.54) is 12.1 Å². The van der Waals surface area contributed by atoms with Gasteiger partial charge in [0.25, 0.3) is 5.91 Å². The lowest BCUT2D eigenvalue weighted by molar-refractivity contribution is 0.0679. The molecule has 4 rings (SSSR count). The molecule has 1 saturated heterocycles. The molecule has 0 unspecified atom stereocenters. The highest BCUT2D eigenvalue weighted by molar-refractivity contribution is 6.31. The zero-order valence-corrected chi connectivity index (χ0v) is 15.3. The molecule has 0 spiro atoms. The monoisotopic (exact) mass is 384 g/mol. The van der Waals surface area contributed by atoms with Gasteiger partial charge >= 0.3 is 0 Å². The van der Waals surface area contributed by atoms with Gasteiger partial charge in [-0.15, -0.1) is 0 Å². The highest BCUT2D eigenvalue weighted by Crippen LogP contribution is 2.30. The first-order valence-corrected chi connectivity index (χ1v) is 9.23. The minimum atomic E-state index is -0.500. The number of rotatable bonds is 3. The van der Waals surface area contributed by atoms with Gasteiger partial charge in [-0.2, -0.15) is 0 Å². The van der Waals surface area contributed by atoms with Gasteiger partial charge in [-0.1, -0.05) is 29.8 Å². The van der Waals surface area contributed by atoms with E-state index in [-0.39, 0.29) is 23.6 Å². The molecular weight excluding hydrogens is 367 g/mol. The number of hydrogen-bond donors (Lipinski definition) is 1. The summed E-state index contributed by atoms with van der Waals surface area (Å²) in [5.74, 6) is -0.625. The lowest BCUT2D eigenvalue weighted by Crippen LogP contribution is -2.37. The molecule has 27 heavy (non-hydrogen) atoms. The van der Waals surface area contributed by atoms with Crippen molar-refractivity contribution >= 4 is 28.4 Å². The molecule has 1 fully saturated rings. The first-order valence-electron chi connectivity index (χ1n) is 8.85. The fraction of sp³-hybridized carbons (Fsp3) is 0.238. The number of pyridine rings is 1. The summed E-state index contributed by atoms with van der Waals surface area (Å²) in [6, 6.07) is 13.4. The topological polar surface area (TPSA) is 53.4 Å². The van der Waals surface area contributed by atoms with Crippen molar-refractivity contribution in [2.45, 2.75) is 18.9 Å². The van der Waals surface area contributed by atoms with Crippen LogP contribution in [0.2, 0.25) is 5.02 Å². The number of hydrogen-bond acceptors (Lipinski definition) is 3. The summed E-state index contributed by atoms with van der Waals surface area (Å²) in [5, 5.41) is 10.3. The maximum absolute atomic E-state index is 13.5. The molecule has 1 aromatic heterocycles. The van der Waals surface area contributed by atoms with Gasteiger partial charge in [0, 0.05) is 17.5 Å². The van der Waals surface area contributed by atoms with Crippen LogP contribution in [0.5, 0.6) is 0 Å². The van der Waals surface area contributed by atoms with Gasteiger partial charge in [0.1, 0.15) is 5.82 Å². The number of nitrogens with zero attached hydrogens (tertiary/aromatic N) is 2. The van der Waals surface area contributed by atoms with Gasteiger partial charge in [-0.25, -0.2) is 9.37 Å². The van der Waals surface area contributed by atoms with Gasteiger partial charge in [0.2, 0.25) is 0 Å². The number of aromatic nitrogens is 1. The highest BCUT2D eigenvalue weighted by atomic mass is 35.5. The van der Waals surface area contributed by atoms with Crippen LogP contribution in [0, 0.1) is 5.82 Å². The number of aliphatic hydroxyl groups is 1. The Kier molecular flexibility index (Phi) is 4.81. The highest BCUT2D eigenvalue weighted by Gasteiger charge is 2.30. The molecule has 6 heteroatoms. The number of halogens is 2. The molecule has 2 aromatic carbocycles. The fourth-order valence-electron chi connectivity index (χ4n) is 3.60. The first kappa shape index (κ1) is 17.9. The molecular formula is C21H18ClFN2O2. The summed E-state index contributed by atoms with van der Waals surface area (Å²) >= 11 is 5.92. The number of fused-ring (bicyclic) bond motifs is 1. The van der Waals surface area contributed by atoms with Crippen molar-refractivity contribution in [3.05, 3.63) is 64.9 Å². The zero-order chi connectivity index (χ0) is 19.0. The average Bonchev–Trinajstić information content (AvgIpc) is 3.17. The Bertz CT molecular complexity index is 1020. The summed E-state index contributed by atoms with van der Waals surface area (Å²) in [6.07, 6.45) is 1.67. The van der Waals surface area contributed by atoms with Crippen molar-refractivity contribution in [2.24, 2.45) is 0 Å². The Morgan fingerprint density at radius 1 is 1.26 bits per heavy atom. The van der Waals surface area contributed by atoms with Crippen LogP contribution in [0.1, 0.15) is 23.2 Å². The number of aliphatic hydroxyl groups excluding tert-OH is 1.